The molecule has 0 bridgehead atoms. The molecule has 3 rings (SSSR count). The minimum atomic E-state index is -0.209. The van der Waals surface area contributed by atoms with Crippen molar-refractivity contribution in [2.75, 3.05) is 82.8 Å². The number of benzene rings is 2. The molecular formula is C28H40N8O6. The van der Waals surface area contributed by atoms with Crippen LogP contribution in [0.2, 0.25) is 0 Å². The molecule has 0 aliphatic carbocycles. The van der Waals surface area contributed by atoms with Gasteiger partial charge in [-0.3, -0.25) is 4.79 Å². The number of aliphatic hydroxyl groups excluding tert-OH is 1. The van der Waals surface area contributed by atoms with Crippen molar-refractivity contribution in [3.8, 4) is 11.5 Å². The molecule has 228 valence electrons. The summed E-state index contributed by atoms with van der Waals surface area (Å²) in [6.07, 6.45) is 0.539. The van der Waals surface area contributed by atoms with Gasteiger partial charge in [-0.25, -0.2) is 0 Å². The molecule has 0 saturated carbocycles. The molecular weight excluding hydrogens is 544 g/mol. The summed E-state index contributed by atoms with van der Waals surface area (Å²) in [7, 11) is 3.17. The highest BCUT2D eigenvalue weighted by Gasteiger charge is 2.12. The van der Waals surface area contributed by atoms with Gasteiger partial charge in [0.2, 0.25) is 17.8 Å². The van der Waals surface area contributed by atoms with Crippen molar-refractivity contribution >= 4 is 29.4 Å². The highest BCUT2D eigenvalue weighted by atomic mass is 16.5. The van der Waals surface area contributed by atoms with E-state index in [9.17, 15) is 4.79 Å². The normalized spacial score (nSPS) is 10.7. The van der Waals surface area contributed by atoms with Crippen LogP contribution < -0.4 is 36.5 Å². The Hall–Kier alpha value is -4.24. The fourth-order valence-electron chi connectivity index (χ4n) is 3.71. The van der Waals surface area contributed by atoms with Crippen LogP contribution in [0.4, 0.5) is 23.5 Å². The molecule has 1 heterocycles. The van der Waals surface area contributed by atoms with Gasteiger partial charge in [0.05, 0.1) is 40.6 Å². The van der Waals surface area contributed by atoms with Crippen molar-refractivity contribution in [2.24, 2.45) is 5.73 Å². The average molecular weight is 585 g/mol. The van der Waals surface area contributed by atoms with Gasteiger partial charge in [0.1, 0.15) is 0 Å². The second-order valence-corrected chi connectivity index (χ2v) is 8.79. The Kier molecular flexibility index (Phi) is 14.0. The van der Waals surface area contributed by atoms with Crippen molar-refractivity contribution in [3.63, 3.8) is 0 Å². The zero-order valence-electron chi connectivity index (χ0n) is 24.0. The summed E-state index contributed by atoms with van der Waals surface area (Å²) < 4.78 is 21.6. The molecule has 0 spiro atoms. The topological polar surface area (TPSA) is 187 Å². The van der Waals surface area contributed by atoms with Crippen molar-refractivity contribution in [1.82, 2.24) is 20.3 Å². The van der Waals surface area contributed by atoms with E-state index in [0.29, 0.717) is 99.6 Å². The molecule has 0 atom stereocenters. The van der Waals surface area contributed by atoms with E-state index in [2.05, 4.69) is 36.2 Å². The number of methoxy groups -OCH3 is 2. The maximum atomic E-state index is 12.5. The van der Waals surface area contributed by atoms with E-state index < -0.39 is 0 Å². The number of aliphatic hydroxyl groups is 1. The number of nitrogens with two attached hydrogens (primary N) is 1. The van der Waals surface area contributed by atoms with Gasteiger partial charge in [-0.1, -0.05) is 12.1 Å². The third-order valence-electron chi connectivity index (χ3n) is 5.74. The Morgan fingerprint density at radius 2 is 1.57 bits per heavy atom. The van der Waals surface area contributed by atoms with Crippen LogP contribution in [-0.2, 0) is 16.0 Å². The molecule has 0 aliphatic rings. The minimum absolute atomic E-state index is 0.0427. The Morgan fingerprint density at radius 3 is 2.26 bits per heavy atom. The van der Waals surface area contributed by atoms with Gasteiger partial charge in [-0.2, -0.15) is 15.0 Å². The number of amides is 1. The predicted molar refractivity (Wildman–Crippen MR) is 160 cm³/mol. The van der Waals surface area contributed by atoms with Gasteiger partial charge in [0, 0.05) is 49.6 Å². The van der Waals surface area contributed by atoms with Gasteiger partial charge in [0.25, 0.3) is 5.91 Å². The molecule has 0 unspecified atom stereocenters. The summed E-state index contributed by atoms with van der Waals surface area (Å²) in [4.78, 5) is 25.8. The lowest BCUT2D eigenvalue weighted by atomic mass is 10.2. The number of nitrogens with one attached hydrogen (secondary N) is 4. The maximum absolute atomic E-state index is 12.5. The fourth-order valence-corrected chi connectivity index (χ4v) is 3.71. The predicted octanol–water partition coefficient (Wildman–Crippen LogP) is 1.76. The first-order valence-corrected chi connectivity index (χ1v) is 13.6. The van der Waals surface area contributed by atoms with Crippen LogP contribution in [0, 0.1) is 0 Å². The van der Waals surface area contributed by atoms with Crippen LogP contribution in [0.1, 0.15) is 22.3 Å². The van der Waals surface area contributed by atoms with Crippen LogP contribution in [0.3, 0.4) is 0 Å². The Morgan fingerprint density at radius 1 is 0.857 bits per heavy atom. The van der Waals surface area contributed by atoms with E-state index in [1.807, 2.05) is 18.2 Å². The number of carbonyl (C=O) groups excluding carboxylic acids is 1. The summed E-state index contributed by atoms with van der Waals surface area (Å²) in [5.74, 6) is 1.99. The van der Waals surface area contributed by atoms with Gasteiger partial charge in [0.15, 0.2) is 11.5 Å². The summed E-state index contributed by atoms with van der Waals surface area (Å²) in [6.45, 7) is 3.55. The maximum Gasteiger partial charge on any atom is 0.251 e. The van der Waals surface area contributed by atoms with Crippen LogP contribution in [-0.4, -0.2) is 92.9 Å². The number of aromatic nitrogens is 3. The van der Waals surface area contributed by atoms with Gasteiger partial charge in [-0.15, -0.1) is 0 Å². The fraction of sp³-hybridized carbons (Fsp3) is 0.429. The molecule has 7 N–H and O–H groups in total. The average Bonchev–Trinajstić information content (AvgIpc) is 3.01. The zero-order valence-corrected chi connectivity index (χ0v) is 24.0. The lowest BCUT2D eigenvalue weighted by Crippen LogP contribution is -2.27. The number of carbonyl (C=O) groups is 1. The molecule has 3 aromatic rings. The van der Waals surface area contributed by atoms with E-state index in [-0.39, 0.29) is 12.5 Å². The van der Waals surface area contributed by atoms with E-state index in [1.54, 1.807) is 38.5 Å². The van der Waals surface area contributed by atoms with E-state index in [0.717, 1.165) is 5.56 Å². The highest BCUT2D eigenvalue weighted by Crippen LogP contribution is 2.31. The summed E-state index contributed by atoms with van der Waals surface area (Å²) >= 11 is 0. The molecule has 14 heteroatoms. The molecule has 1 amide bonds. The third-order valence-corrected chi connectivity index (χ3v) is 5.74. The number of ether oxygens (including phenoxy) is 4. The number of anilines is 4. The van der Waals surface area contributed by atoms with E-state index in [1.165, 1.54) is 0 Å². The van der Waals surface area contributed by atoms with Gasteiger partial charge in [-0.05, 0) is 36.8 Å². The third kappa shape index (κ3) is 10.6. The summed E-state index contributed by atoms with van der Waals surface area (Å²) in [5.41, 5.74) is 7.40. The van der Waals surface area contributed by atoms with E-state index in [4.69, 9.17) is 29.8 Å². The molecule has 1 aromatic heterocycles. The first kappa shape index (κ1) is 32.3. The van der Waals surface area contributed by atoms with E-state index >= 15 is 0 Å². The largest absolute Gasteiger partial charge is 0.493 e. The molecule has 42 heavy (non-hydrogen) atoms. The van der Waals surface area contributed by atoms with Crippen molar-refractivity contribution in [1.29, 1.82) is 0 Å². The Labute approximate surface area is 245 Å². The first-order chi connectivity index (χ1) is 20.6. The SMILES string of the molecule is COc1cccc(CNc2nc(NCCCO)nc(Nc3ccc(C(=O)NCCOCCOCCN)cc3)n2)c1OC. The lowest BCUT2D eigenvalue weighted by Gasteiger charge is -2.14. The first-order valence-electron chi connectivity index (χ1n) is 13.6. The second kappa shape index (κ2) is 18.2. The molecule has 0 aliphatic heterocycles. The lowest BCUT2D eigenvalue weighted by molar-refractivity contribution is 0.0511. The number of nitrogens with zero attached hydrogens (tertiary/aromatic N) is 3. The smallest absolute Gasteiger partial charge is 0.251 e. The standard InChI is InChI=1S/C28H40N8O6/c1-39-23-6-3-5-21(24(23)40-2)19-32-27-34-26(31-12-4-14-37)35-28(36-27)33-22-9-7-20(8-10-22)25(38)30-13-16-42-18-17-41-15-11-29/h3,5-10,37H,4,11-19,29H2,1-2H3,(H,30,38)(H3,31,32,33,34,35,36). The number of para-hydroxylation sites is 1. The molecule has 0 saturated heterocycles. The Balaban J connectivity index is 1.61. The van der Waals surface area contributed by atoms with Crippen LogP contribution in [0.15, 0.2) is 42.5 Å². The molecule has 0 fully saturated rings. The number of hydrogen-bond acceptors (Lipinski definition) is 13. The van der Waals surface area contributed by atoms with Gasteiger partial charge < -0.3 is 51.1 Å². The van der Waals surface area contributed by atoms with Crippen LogP contribution in [0.25, 0.3) is 0 Å². The second-order valence-electron chi connectivity index (χ2n) is 8.79. The molecule has 14 nitrogen and oxygen atoms in total. The van der Waals surface area contributed by atoms with Crippen molar-refractivity contribution < 1.29 is 28.8 Å². The zero-order chi connectivity index (χ0) is 30.0. The minimum Gasteiger partial charge on any atom is -0.493 e. The Bertz CT molecular complexity index is 1230. The number of hydrogen-bond donors (Lipinski definition) is 6. The molecule has 0 radical (unpaired) electrons. The molecule has 2 aromatic carbocycles. The van der Waals surface area contributed by atoms with Crippen molar-refractivity contribution in [3.05, 3.63) is 53.6 Å². The summed E-state index contributed by atoms with van der Waals surface area (Å²) in [6, 6.07) is 12.5. The number of rotatable bonds is 20. The summed E-state index contributed by atoms with van der Waals surface area (Å²) in [5, 5.41) is 21.4. The van der Waals surface area contributed by atoms with Crippen LogP contribution >= 0.6 is 0 Å². The highest BCUT2D eigenvalue weighted by molar-refractivity contribution is 5.94. The van der Waals surface area contributed by atoms with Crippen molar-refractivity contribution in [2.45, 2.75) is 13.0 Å². The quantitative estimate of drug-likeness (QED) is 0.106. The van der Waals surface area contributed by atoms with Crippen LogP contribution in [0.5, 0.6) is 11.5 Å². The van der Waals surface area contributed by atoms with Gasteiger partial charge >= 0.3 is 0 Å². The monoisotopic (exact) mass is 584 g/mol.